The molecule has 2 atom stereocenters. The van der Waals surface area contributed by atoms with E-state index in [9.17, 15) is 5.11 Å². The fraction of sp³-hybridized carbons (Fsp3) is 0.609. The molecule has 166 valence electrons. The molecule has 1 fully saturated rings. The van der Waals surface area contributed by atoms with Gasteiger partial charge < -0.3 is 24.0 Å². The highest BCUT2D eigenvalue weighted by Gasteiger charge is 2.27. The molecule has 2 heterocycles. The molecule has 0 spiro atoms. The van der Waals surface area contributed by atoms with E-state index in [0.29, 0.717) is 19.7 Å². The molecular weight excluding hydrogens is 382 g/mol. The van der Waals surface area contributed by atoms with Crippen LogP contribution in [0.2, 0.25) is 0 Å². The molecule has 1 aromatic heterocycles. The molecule has 1 aliphatic rings. The zero-order chi connectivity index (χ0) is 21.3. The van der Waals surface area contributed by atoms with E-state index in [-0.39, 0.29) is 6.10 Å². The van der Waals surface area contributed by atoms with E-state index in [1.807, 2.05) is 18.2 Å². The number of benzene rings is 1. The number of aliphatic hydroxyl groups is 1. The smallest absolute Gasteiger partial charge is 0.232 e. The van der Waals surface area contributed by atoms with Crippen LogP contribution in [-0.4, -0.2) is 73.9 Å². The van der Waals surface area contributed by atoms with Crippen LogP contribution in [0.1, 0.15) is 32.3 Å². The van der Waals surface area contributed by atoms with E-state index in [4.69, 9.17) is 14.0 Å². The molecule has 30 heavy (non-hydrogen) atoms. The minimum Gasteiger partial charge on any atom is -0.389 e. The van der Waals surface area contributed by atoms with Gasteiger partial charge >= 0.3 is 0 Å². The van der Waals surface area contributed by atoms with Gasteiger partial charge in [-0.05, 0) is 26.7 Å². The molecule has 1 N–H and O–H groups in total. The van der Waals surface area contributed by atoms with Crippen LogP contribution in [0.3, 0.4) is 0 Å². The molecule has 2 aromatic rings. The van der Waals surface area contributed by atoms with E-state index >= 15 is 0 Å². The molecular formula is C23H35N3O4. The second kappa shape index (κ2) is 11.5. The van der Waals surface area contributed by atoms with Gasteiger partial charge in [0, 0.05) is 52.0 Å². The summed E-state index contributed by atoms with van der Waals surface area (Å²) in [4.78, 5) is 4.43. The van der Waals surface area contributed by atoms with Gasteiger partial charge in [-0.2, -0.15) is 0 Å². The molecule has 0 amide bonds. The second-order valence-electron chi connectivity index (χ2n) is 7.79. The standard InChI is InChI=1S/C23H35N3O4/c1-4-26(5-2)23-21(22(24-30-23)18-10-7-6-8-11-18)16-25(14-19(27)17-28-3)15-20-12-9-13-29-20/h6-8,10-11,19-20,27H,4-5,9,12-17H2,1-3H3/t19-,20+/m0/s1. The van der Waals surface area contributed by atoms with Gasteiger partial charge in [0.2, 0.25) is 5.88 Å². The molecule has 1 aliphatic heterocycles. The number of aromatic nitrogens is 1. The van der Waals surface area contributed by atoms with Crippen molar-refractivity contribution < 1.29 is 19.1 Å². The number of methoxy groups -OCH3 is 1. The Labute approximate surface area is 179 Å². The number of rotatable bonds is 12. The van der Waals surface area contributed by atoms with Gasteiger partial charge in [-0.15, -0.1) is 0 Å². The molecule has 0 unspecified atom stereocenters. The number of hydrogen-bond donors (Lipinski definition) is 1. The summed E-state index contributed by atoms with van der Waals surface area (Å²) in [5, 5.41) is 14.9. The average molecular weight is 418 g/mol. The Morgan fingerprint density at radius 3 is 2.63 bits per heavy atom. The number of aliphatic hydroxyl groups excluding tert-OH is 1. The first kappa shape index (κ1) is 22.7. The van der Waals surface area contributed by atoms with Crippen molar-refractivity contribution in [2.45, 2.75) is 45.4 Å². The van der Waals surface area contributed by atoms with Crippen molar-refractivity contribution in [3.8, 4) is 11.3 Å². The lowest BCUT2D eigenvalue weighted by atomic mass is 10.1. The Kier molecular flexibility index (Phi) is 8.69. The van der Waals surface area contributed by atoms with E-state index in [0.717, 1.165) is 61.8 Å². The zero-order valence-corrected chi connectivity index (χ0v) is 18.4. The van der Waals surface area contributed by atoms with E-state index in [2.05, 4.69) is 40.9 Å². The third-order valence-electron chi connectivity index (χ3n) is 5.56. The fourth-order valence-corrected chi connectivity index (χ4v) is 4.07. The first-order chi connectivity index (χ1) is 14.7. The summed E-state index contributed by atoms with van der Waals surface area (Å²) in [5.74, 6) is 0.803. The topological polar surface area (TPSA) is 71.2 Å². The van der Waals surface area contributed by atoms with E-state index < -0.39 is 6.10 Å². The molecule has 0 radical (unpaired) electrons. The highest BCUT2D eigenvalue weighted by Crippen LogP contribution is 2.32. The van der Waals surface area contributed by atoms with Crippen LogP contribution in [0.25, 0.3) is 11.3 Å². The van der Waals surface area contributed by atoms with E-state index in [1.165, 1.54) is 0 Å². The minimum atomic E-state index is -0.562. The van der Waals surface area contributed by atoms with Crippen molar-refractivity contribution in [1.82, 2.24) is 10.1 Å². The van der Waals surface area contributed by atoms with Crippen LogP contribution in [0.4, 0.5) is 5.88 Å². The Hall–Kier alpha value is -1.93. The molecule has 7 nitrogen and oxygen atoms in total. The molecule has 0 aliphatic carbocycles. The van der Waals surface area contributed by atoms with Crippen molar-refractivity contribution in [3.63, 3.8) is 0 Å². The molecule has 1 saturated heterocycles. The van der Waals surface area contributed by atoms with Gasteiger partial charge in [0.25, 0.3) is 0 Å². The maximum Gasteiger partial charge on any atom is 0.232 e. The van der Waals surface area contributed by atoms with Crippen LogP contribution in [-0.2, 0) is 16.0 Å². The molecule has 7 heteroatoms. The summed E-state index contributed by atoms with van der Waals surface area (Å²) in [6.45, 7) is 8.92. The van der Waals surface area contributed by atoms with Crippen LogP contribution in [0.5, 0.6) is 0 Å². The Bertz CT molecular complexity index is 742. The first-order valence-electron chi connectivity index (χ1n) is 11.0. The minimum absolute atomic E-state index is 0.191. The lowest BCUT2D eigenvalue weighted by Gasteiger charge is -2.28. The number of ether oxygens (including phenoxy) is 2. The quantitative estimate of drug-likeness (QED) is 0.569. The summed E-state index contributed by atoms with van der Waals surface area (Å²) in [6, 6.07) is 10.1. The summed E-state index contributed by atoms with van der Waals surface area (Å²) >= 11 is 0. The van der Waals surface area contributed by atoms with Gasteiger partial charge in [0.15, 0.2) is 0 Å². The fourth-order valence-electron chi connectivity index (χ4n) is 4.07. The Morgan fingerprint density at radius 1 is 1.23 bits per heavy atom. The SMILES string of the molecule is CCN(CC)c1onc(-c2ccccc2)c1CN(C[C@H](O)COC)C[C@H]1CCCO1. The number of nitrogens with zero attached hydrogens (tertiary/aromatic N) is 3. The van der Waals surface area contributed by atoms with Gasteiger partial charge in [-0.3, -0.25) is 4.90 Å². The highest BCUT2D eigenvalue weighted by atomic mass is 16.5. The zero-order valence-electron chi connectivity index (χ0n) is 18.4. The van der Waals surface area contributed by atoms with Crippen molar-refractivity contribution in [1.29, 1.82) is 0 Å². The van der Waals surface area contributed by atoms with Crippen LogP contribution < -0.4 is 4.90 Å². The van der Waals surface area contributed by atoms with Crippen LogP contribution >= 0.6 is 0 Å². The Balaban J connectivity index is 1.91. The van der Waals surface area contributed by atoms with Gasteiger partial charge in [0.05, 0.1) is 24.4 Å². The van der Waals surface area contributed by atoms with Gasteiger partial charge in [-0.25, -0.2) is 0 Å². The summed E-state index contributed by atoms with van der Waals surface area (Å²) in [6.07, 6.45) is 1.77. The summed E-state index contributed by atoms with van der Waals surface area (Å²) < 4.78 is 16.9. The molecule has 3 rings (SSSR count). The monoisotopic (exact) mass is 417 g/mol. The van der Waals surface area contributed by atoms with Crippen molar-refractivity contribution in [2.75, 3.05) is 51.4 Å². The average Bonchev–Trinajstić information content (AvgIpc) is 3.40. The van der Waals surface area contributed by atoms with Crippen molar-refractivity contribution in [2.24, 2.45) is 0 Å². The van der Waals surface area contributed by atoms with Gasteiger partial charge in [0.1, 0.15) is 5.69 Å². The maximum atomic E-state index is 10.4. The van der Waals surface area contributed by atoms with Crippen LogP contribution in [0, 0.1) is 0 Å². The lowest BCUT2D eigenvalue weighted by molar-refractivity contribution is 0.0157. The molecule has 0 bridgehead atoms. The summed E-state index contributed by atoms with van der Waals surface area (Å²) in [5.41, 5.74) is 2.94. The highest BCUT2D eigenvalue weighted by molar-refractivity contribution is 5.68. The second-order valence-corrected chi connectivity index (χ2v) is 7.79. The molecule has 1 aromatic carbocycles. The summed E-state index contributed by atoms with van der Waals surface area (Å²) in [7, 11) is 1.61. The van der Waals surface area contributed by atoms with Gasteiger partial charge in [-0.1, -0.05) is 35.5 Å². The third-order valence-corrected chi connectivity index (χ3v) is 5.56. The lowest BCUT2D eigenvalue weighted by Crippen LogP contribution is -2.39. The first-order valence-corrected chi connectivity index (χ1v) is 11.0. The largest absolute Gasteiger partial charge is 0.389 e. The van der Waals surface area contributed by atoms with Crippen molar-refractivity contribution in [3.05, 3.63) is 35.9 Å². The van der Waals surface area contributed by atoms with Crippen molar-refractivity contribution >= 4 is 5.88 Å². The predicted octanol–water partition coefficient (Wildman–Crippen LogP) is 3.18. The van der Waals surface area contributed by atoms with Crippen LogP contribution in [0.15, 0.2) is 34.9 Å². The third kappa shape index (κ3) is 5.82. The number of anilines is 1. The Morgan fingerprint density at radius 2 is 2.00 bits per heavy atom. The molecule has 0 saturated carbocycles. The maximum absolute atomic E-state index is 10.4. The van der Waals surface area contributed by atoms with E-state index in [1.54, 1.807) is 7.11 Å². The number of hydrogen-bond acceptors (Lipinski definition) is 7. The normalized spacial score (nSPS) is 17.6. The predicted molar refractivity (Wildman–Crippen MR) is 118 cm³/mol.